The summed E-state index contributed by atoms with van der Waals surface area (Å²) in [6.45, 7) is 9.99. The van der Waals surface area contributed by atoms with E-state index in [2.05, 4.69) is 31.1 Å². The van der Waals surface area contributed by atoms with E-state index in [4.69, 9.17) is 4.74 Å². The van der Waals surface area contributed by atoms with Crippen molar-refractivity contribution in [1.29, 1.82) is 0 Å². The number of rotatable bonds is 8. The third kappa shape index (κ3) is 5.58. The third-order valence-corrected chi connectivity index (χ3v) is 3.00. The molecule has 0 aliphatic heterocycles. The van der Waals surface area contributed by atoms with Crippen LogP contribution in [0, 0.1) is 5.92 Å². The maximum atomic E-state index is 5.45. The fourth-order valence-electron chi connectivity index (χ4n) is 1.28. The maximum Gasteiger partial charge on any atom is 0.119 e. The van der Waals surface area contributed by atoms with Gasteiger partial charge in [-0.25, -0.2) is 4.98 Å². The van der Waals surface area contributed by atoms with Crippen molar-refractivity contribution in [2.24, 2.45) is 5.92 Å². The van der Waals surface area contributed by atoms with E-state index in [1.54, 1.807) is 11.3 Å². The molecule has 4 heteroatoms. The van der Waals surface area contributed by atoms with Gasteiger partial charge in [0.15, 0.2) is 0 Å². The molecule has 92 valence electrons. The molecule has 0 fully saturated rings. The van der Waals surface area contributed by atoms with Crippen LogP contribution in [0.25, 0.3) is 0 Å². The molecule has 1 N–H and O–H groups in total. The van der Waals surface area contributed by atoms with E-state index in [0.29, 0.717) is 12.5 Å². The topological polar surface area (TPSA) is 34.1 Å². The SMILES string of the molecule is CCCOCc1ncc(CNCC(C)C)s1. The smallest absolute Gasteiger partial charge is 0.119 e. The Balaban J connectivity index is 2.22. The standard InChI is InChI=1S/C12H22N2OS/c1-4-5-15-9-12-14-8-11(16-12)7-13-6-10(2)3/h8,10,13H,4-7,9H2,1-3H3. The first-order valence-electron chi connectivity index (χ1n) is 5.94. The predicted molar refractivity (Wildman–Crippen MR) is 68.6 cm³/mol. The van der Waals surface area contributed by atoms with Gasteiger partial charge in [-0.1, -0.05) is 20.8 Å². The summed E-state index contributed by atoms with van der Waals surface area (Å²) in [7, 11) is 0. The fraction of sp³-hybridized carbons (Fsp3) is 0.750. The van der Waals surface area contributed by atoms with Crippen LogP contribution in [0.1, 0.15) is 37.1 Å². The van der Waals surface area contributed by atoms with Gasteiger partial charge in [-0.05, 0) is 18.9 Å². The molecular formula is C12H22N2OS. The van der Waals surface area contributed by atoms with Gasteiger partial charge in [0.25, 0.3) is 0 Å². The summed E-state index contributed by atoms with van der Waals surface area (Å²) < 4.78 is 5.45. The van der Waals surface area contributed by atoms with Gasteiger partial charge in [0.2, 0.25) is 0 Å². The molecule has 1 heterocycles. The first kappa shape index (κ1) is 13.6. The van der Waals surface area contributed by atoms with Crippen molar-refractivity contribution in [3.8, 4) is 0 Å². The zero-order valence-electron chi connectivity index (χ0n) is 10.5. The molecule has 0 unspecified atom stereocenters. The molecule has 0 atom stereocenters. The van der Waals surface area contributed by atoms with Gasteiger partial charge in [-0.3, -0.25) is 0 Å². The highest BCUT2D eigenvalue weighted by molar-refractivity contribution is 7.11. The van der Waals surface area contributed by atoms with Crippen LogP contribution in [0.15, 0.2) is 6.20 Å². The number of thiazole rings is 1. The number of nitrogens with one attached hydrogen (secondary N) is 1. The lowest BCUT2D eigenvalue weighted by Gasteiger charge is -2.04. The molecule has 0 bridgehead atoms. The molecule has 16 heavy (non-hydrogen) atoms. The molecule has 1 rings (SSSR count). The zero-order chi connectivity index (χ0) is 11.8. The number of aromatic nitrogens is 1. The first-order valence-corrected chi connectivity index (χ1v) is 6.76. The molecule has 0 saturated carbocycles. The fourth-order valence-corrected chi connectivity index (χ4v) is 2.11. The summed E-state index contributed by atoms with van der Waals surface area (Å²) in [6.07, 6.45) is 3.01. The van der Waals surface area contributed by atoms with Crippen LogP contribution in [-0.4, -0.2) is 18.1 Å². The lowest BCUT2D eigenvalue weighted by molar-refractivity contribution is 0.121. The monoisotopic (exact) mass is 242 g/mol. The Labute approximate surface area is 102 Å². The van der Waals surface area contributed by atoms with Crippen molar-refractivity contribution in [3.05, 3.63) is 16.1 Å². The van der Waals surface area contributed by atoms with E-state index in [1.165, 1.54) is 4.88 Å². The average molecular weight is 242 g/mol. The van der Waals surface area contributed by atoms with Gasteiger partial charge in [0.05, 0.1) is 6.61 Å². The molecule has 0 radical (unpaired) electrons. The van der Waals surface area contributed by atoms with Crippen LogP contribution >= 0.6 is 11.3 Å². The Morgan fingerprint density at radius 3 is 3.00 bits per heavy atom. The van der Waals surface area contributed by atoms with Crippen molar-refractivity contribution >= 4 is 11.3 Å². The highest BCUT2D eigenvalue weighted by Crippen LogP contribution is 2.13. The highest BCUT2D eigenvalue weighted by atomic mass is 32.1. The minimum atomic E-state index is 0.655. The minimum Gasteiger partial charge on any atom is -0.374 e. The molecule has 1 aromatic heterocycles. The second-order valence-corrected chi connectivity index (χ2v) is 5.50. The quantitative estimate of drug-likeness (QED) is 0.712. The van der Waals surface area contributed by atoms with E-state index in [0.717, 1.165) is 31.1 Å². The van der Waals surface area contributed by atoms with Crippen LogP contribution in [-0.2, 0) is 17.9 Å². The normalized spacial score (nSPS) is 11.2. The first-order chi connectivity index (χ1) is 7.72. The molecule has 0 spiro atoms. The van der Waals surface area contributed by atoms with Gasteiger partial charge in [0, 0.05) is 24.2 Å². The van der Waals surface area contributed by atoms with Gasteiger partial charge in [-0.15, -0.1) is 11.3 Å². The molecule has 1 aromatic rings. The number of ether oxygens (including phenoxy) is 1. The van der Waals surface area contributed by atoms with Crippen LogP contribution in [0.5, 0.6) is 0 Å². The van der Waals surface area contributed by atoms with Crippen molar-refractivity contribution in [3.63, 3.8) is 0 Å². The molecule has 0 aliphatic rings. The molecular weight excluding hydrogens is 220 g/mol. The van der Waals surface area contributed by atoms with Crippen LogP contribution < -0.4 is 5.32 Å². The van der Waals surface area contributed by atoms with Crippen LogP contribution in [0.2, 0.25) is 0 Å². The molecule has 0 amide bonds. The summed E-state index contributed by atoms with van der Waals surface area (Å²) in [5.41, 5.74) is 0. The number of nitrogens with zero attached hydrogens (tertiary/aromatic N) is 1. The summed E-state index contributed by atoms with van der Waals surface area (Å²) in [6, 6.07) is 0. The third-order valence-electron chi connectivity index (χ3n) is 2.03. The average Bonchev–Trinajstić information content (AvgIpc) is 2.66. The van der Waals surface area contributed by atoms with Crippen molar-refractivity contribution in [1.82, 2.24) is 10.3 Å². The van der Waals surface area contributed by atoms with E-state index in [1.807, 2.05) is 6.20 Å². The van der Waals surface area contributed by atoms with Crippen molar-refractivity contribution in [2.45, 2.75) is 40.3 Å². The molecule has 3 nitrogen and oxygen atoms in total. The zero-order valence-corrected chi connectivity index (χ0v) is 11.3. The van der Waals surface area contributed by atoms with E-state index >= 15 is 0 Å². The summed E-state index contributed by atoms with van der Waals surface area (Å²) in [5.74, 6) is 0.695. The Kier molecular flexibility index (Phi) is 6.61. The van der Waals surface area contributed by atoms with Crippen LogP contribution in [0.3, 0.4) is 0 Å². The predicted octanol–water partition coefficient (Wildman–Crippen LogP) is 2.82. The Hall–Kier alpha value is -0.450. The van der Waals surface area contributed by atoms with Crippen LogP contribution in [0.4, 0.5) is 0 Å². The van der Waals surface area contributed by atoms with Crippen molar-refractivity contribution in [2.75, 3.05) is 13.2 Å². The lowest BCUT2D eigenvalue weighted by Crippen LogP contribution is -2.18. The lowest BCUT2D eigenvalue weighted by atomic mass is 10.2. The Bertz CT molecular complexity index is 286. The van der Waals surface area contributed by atoms with E-state index in [9.17, 15) is 0 Å². The minimum absolute atomic E-state index is 0.655. The largest absolute Gasteiger partial charge is 0.374 e. The summed E-state index contributed by atoms with van der Waals surface area (Å²) >= 11 is 1.74. The van der Waals surface area contributed by atoms with Gasteiger partial charge in [0.1, 0.15) is 5.01 Å². The number of hydrogen-bond donors (Lipinski definition) is 1. The second kappa shape index (κ2) is 7.76. The molecule has 0 aliphatic carbocycles. The van der Waals surface area contributed by atoms with E-state index < -0.39 is 0 Å². The Morgan fingerprint density at radius 2 is 2.31 bits per heavy atom. The van der Waals surface area contributed by atoms with E-state index in [-0.39, 0.29) is 0 Å². The highest BCUT2D eigenvalue weighted by Gasteiger charge is 2.02. The van der Waals surface area contributed by atoms with Gasteiger partial charge < -0.3 is 10.1 Å². The summed E-state index contributed by atoms with van der Waals surface area (Å²) in [5, 5.41) is 4.49. The van der Waals surface area contributed by atoms with Crippen molar-refractivity contribution < 1.29 is 4.74 Å². The molecule has 0 aromatic carbocycles. The Morgan fingerprint density at radius 1 is 1.50 bits per heavy atom. The second-order valence-electron chi connectivity index (χ2n) is 4.30. The van der Waals surface area contributed by atoms with Gasteiger partial charge in [-0.2, -0.15) is 0 Å². The van der Waals surface area contributed by atoms with Gasteiger partial charge >= 0.3 is 0 Å². The summed E-state index contributed by atoms with van der Waals surface area (Å²) in [4.78, 5) is 5.63. The molecule has 0 saturated heterocycles. The number of hydrogen-bond acceptors (Lipinski definition) is 4. The maximum absolute atomic E-state index is 5.45.